The molecule has 1 heterocycles. The molecule has 2 aromatic rings. The Labute approximate surface area is 123 Å². The maximum Gasteiger partial charge on any atom is 0.294 e. The fourth-order valence-corrected chi connectivity index (χ4v) is 2.62. The molecule has 0 aliphatic carbocycles. The lowest BCUT2D eigenvalue weighted by Crippen LogP contribution is -2.14. The van der Waals surface area contributed by atoms with Gasteiger partial charge in [0.2, 0.25) is 15.8 Å². The fraction of sp³-hybridized carbons (Fsp3) is 0. The molecule has 0 aliphatic heterocycles. The molecule has 0 radical (unpaired) electrons. The summed E-state index contributed by atoms with van der Waals surface area (Å²) in [6.45, 7) is 0. The Balaban J connectivity index is 2.37. The van der Waals surface area contributed by atoms with E-state index in [2.05, 4.69) is 15.0 Å². The lowest BCUT2D eigenvalue weighted by atomic mass is 10.3. The van der Waals surface area contributed by atoms with Crippen LogP contribution in [0.4, 0.5) is 5.69 Å². The minimum Gasteiger partial charge on any atom is -0.351 e. The van der Waals surface area contributed by atoms with Crippen molar-refractivity contribution < 1.29 is 17.7 Å². The lowest BCUT2D eigenvalue weighted by molar-refractivity contribution is 0.0988. The maximum atomic E-state index is 11.8. The molecule has 20 heavy (non-hydrogen) atoms. The van der Waals surface area contributed by atoms with E-state index in [9.17, 15) is 13.2 Å². The van der Waals surface area contributed by atoms with E-state index in [1.807, 2.05) is 0 Å². The van der Waals surface area contributed by atoms with Crippen molar-refractivity contribution in [2.45, 2.75) is 4.90 Å². The average Bonchev–Trinajstić information content (AvgIpc) is 2.85. The van der Waals surface area contributed by atoms with Crippen molar-refractivity contribution in [2.75, 3.05) is 5.32 Å². The van der Waals surface area contributed by atoms with E-state index in [1.165, 1.54) is 12.3 Å². The first kappa shape index (κ1) is 14.8. The van der Waals surface area contributed by atoms with Gasteiger partial charge >= 0.3 is 0 Å². The van der Waals surface area contributed by atoms with E-state index in [0.717, 1.165) is 12.1 Å². The highest BCUT2D eigenvalue weighted by Crippen LogP contribution is 2.33. The van der Waals surface area contributed by atoms with Crippen molar-refractivity contribution >= 4 is 44.8 Å². The van der Waals surface area contributed by atoms with Crippen molar-refractivity contribution in [1.82, 2.24) is 5.16 Å². The van der Waals surface area contributed by atoms with Crippen LogP contribution in [-0.4, -0.2) is 19.5 Å². The molecule has 0 fully saturated rings. The van der Waals surface area contributed by atoms with Crippen LogP contribution in [0.1, 0.15) is 10.6 Å². The summed E-state index contributed by atoms with van der Waals surface area (Å²) < 4.78 is 27.1. The van der Waals surface area contributed by atoms with Gasteiger partial charge in [0, 0.05) is 6.07 Å². The molecule has 106 valence electrons. The molecule has 0 bridgehead atoms. The third kappa shape index (κ3) is 3.10. The molecule has 3 N–H and O–H groups in total. The molecule has 7 nitrogen and oxygen atoms in total. The van der Waals surface area contributed by atoms with Gasteiger partial charge in [-0.05, 0) is 12.1 Å². The minimum absolute atomic E-state index is 0.0436. The Bertz CT molecular complexity index is 736. The average molecular weight is 336 g/mol. The van der Waals surface area contributed by atoms with Gasteiger partial charge in [-0.3, -0.25) is 4.79 Å². The number of primary sulfonamides is 1. The van der Waals surface area contributed by atoms with Gasteiger partial charge in [-0.25, -0.2) is 13.6 Å². The van der Waals surface area contributed by atoms with E-state index in [1.54, 1.807) is 0 Å². The molecule has 2 rings (SSSR count). The zero-order valence-corrected chi connectivity index (χ0v) is 12.0. The van der Waals surface area contributed by atoms with Crippen LogP contribution >= 0.6 is 23.2 Å². The predicted octanol–water partition coefficient (Wildman–Crippen LogP) is 1.88. The summed E-state index contributed by atoms with van der Waals surface area (Å²) in [6.07, 6.45) is 1.29. The molecule has 0 aliphatic rings. The molecule has 0 spiro atoms. The van der Waals surface area contributed by atoms with Crippen LogP contribution in [0.15, 0.2) is 33.8 Å². The zero-order valence-electron chi connectivity index (χ0n) is 9.63. The number of benzene rings is 1. The van der Waals surface area contributed by atoms with Crippen molar-refractivity contribution in [2.24, 2.45) is 5.14 Å². The molecule has 0 unspecified atom stereocenters. The number of anilines is 1. The van der Waals surface area contributed by atoms with Gasteiger partial charge in [-0.15, -0.1) is 0 Å². The van der Waals surface area contributed by atoms with Crippen LogP contribution in [0.25, 0.3) is 0 Å². The van der Waals surface area contributed by atoms with Crippen molar-refractivity contribution in [3.63, 3.8) is 0 Å². The van der Waals surface area contributed by atoms with Crippen LogP contribution in [0, 0.1) is 0 Å². The van der Waals surface area contributed by atoms with Gasteiger partial charge < -0.3 is 9.84 Å². The molecule has 0 saturated carbocycles. The molecule has 0 atom stereocenters. The number of sulfonamides is 1. The number of carbonyl (C=O) groups excluding carboxylic acids is 1. The first-order chi connectivity index (χ1) is 9.29. The van der Waals surface area contributed by atoms with Gasteiger partial charge in [0.1, 0.15) is 0 Å². The van der Waals surface area contributed by atoms with Crippen LogP contribution in [-0.2, 0) is 10.0 Å². The summed E-state index contributed by atoms with van der Waals surface area (Å²) in [7, 11) is -3.95. The van der Waals surface area contributed by atoms with E-state index < -0.39 is 15.9 Å². The quantitative estimate of drug-likeness (QED) is 0.888. The summed E-state index contributed by atoms with van der Waals surface area (Å²) in [5, 5.41) is 10.6. The minimum atomic E-state index is -3.95. The number of amides is 1. The lowest BCUT2D eigenvalue weighted by Gasteiger charge is -2.09. The molecule has 10 heteroatoms. The van der Waals surface area contributed by atoms with E-state index >= 15 is 0 Å². The number of hydrogen-bond donors (Lipinski definition) is 2. The molecule has 1 amide bonds. The summed E-state index contributed by atoms with van der Waals surface area (Å²) in [5.74, 6) is -0.678. The van der Waals surface area contributed by atoms with Gasteiger partial charge in [0.15, 0.2) is 0 Å². The van der Waals surface area contributed by atoms with Gasteiger partial charge in [0.05, 0.1) is 26.8 Å². The Hall–Kier alpha value is -1.61. The Morgan fingerprint density at radius 3 is 2.35 bits per heavy atom. The molecular formula is C10H7Cl2N3O4S. The highest BCUT2D eigenvalue weighted by molar-refractivity contribution is 7.89. The van der Waals surface area contributed by atoms with Crippen molar-refractivity contribution in [1.29, 1.82) is 0 Å². The van der Waals surface area contributed by atoms with Crippen LogP contribution in [0.2, 0.25) is 10.0 Å². The molecule has 1 aromatic carbocycles. The highest BCUT2D eigenvalue weighted by atomic mass is 35.5. The summed E-state index contributed by atoms with van der Waals surface area (Å²) in [4.78, 5) is 11.5. The highest BCUT2D eigenvalue weighted by Gasteiger charge is 2.18. The normalized spacial score (nSPS) is 11.3. The number of nitrogens with zero attached hydrogens (tertiary/aromatic N) is 1. The van der Waals surface area contributed by atoms with Crippen molar-refractivity contribution in [3.05, 3.63) is 40.2 Å². The first-order valence-electron chi connectivity index (χ1n) is 5.03. The summed E-state index contributed by atoms with van der Waals surface area (Å²) >= 11 is 11.8. The molecule has 1 aromatic heterocycles. The number of nitrogens with one attached hydrogen (secondary N) is 1. The summed E-state index contributed by atoms with van der Waals surface area (Å²) in [5.41, 5.74) is 0.0436. The second kappa shape index (κ2) is 5.41. The standard InChI is InChI=1S/C10H7Cl2N3O4S/c11-6-3-5(20(13,17)18)4-7(12)9(6)15-10(16)8-1-2-14-19-8/h1-4H,(H,15,16)(H2,13,17,18). The molecule has 0 saturated heterocycles. The predicted molar refractivity (Wildman–Crippen MR) is 72.3 cm³/mol. The third-order valence-corrected chi connectivity index (χ3v) is 3.73. The van der Waals surface area contributed by atoms with E-state index in [-0.39, 0.29) is 26.4 Å². The SMILES string of the molecule is NS(=O)(=O)c1cc(Cl)c(NC(=O)c2ccno2)c(Cl)c1. The van der Waals surface area contributed by atoms with Gasteiger partial charge in [0.25, 0.3) is 5.91 Å². The monoisotopic (exact) mass is 335 g/mol. The maximum absolute atomic E-state index is 11.8. The number of halogens is 2. The molecular weight excluding hydrogens is 329 g/mol. The number of hydrogen-bond acceptors (Lipinski definition) is 5. The topological polar surface area (TPSA) is 115 Å². The Kier molecular flexibility index (Phi) is 4.00. The Morgan fingerprint density at radius 2 is 1.90 bits per heavy atom. The third-order valence-electron chi connectivity index (χ3n) is 2.24. The van der Waals surface area contributed by atoms with Crippen LogP contribution < -0.4 is 10.5 Å². The largest absolute Gasteiger partial charge is 0.351 e. The smallest absolute Gasteiger partial charge is 0.294 e. The summed E-state index contributed by atoms with van der Waals surface area (Å²) in [6, 6.07) is 3.51. The van der Waals surface area contributed by atoms with Gasteiger partial charge in [-0.2, -0.15) is 0 Å². The van der Waals surface area contributed by atoms with E-state index in [0.29, 0.717) is 0 Å². The number of aromatic nitrogens is 1. The van der Waals surface area contributed by atoms with Crippen LogP contribution in [0.5, 0.6) is 0 Å². The van der Waals surface area contributed by atoms with Gasteiger partial charge in [-0.1, -0.05) is 28.4 Å². The number of carbonyl (C=O) groups is 1. The second-order valence-electron chi connectivity index (χ2n) is 3.64. The zero-order chi connectivity index (χ0) is 14.9. The van der Waals surface area contributed by atoms with Crippen molar-refractivity contribution in [3.8, 4) is 0 Å². The number of nitrogens with two attached hydrogens (primary N) is 1. The second-order valence-corrected chi connectivity index (χ2v) is 6.01. The Morgan fingerprint density at radius 1 is 1.30 bits per heavy atom. The number of rotatable bonds is 3. The first-order valence-corrected chi connectivity index (χ1v) is 7.33. The fourth-order valence-electron chi connectivity index (χ4n) is 1.34. The van der Waals surface area contributed by atoms with E-state index in [4.69, 9.17) is 28.3 Å². The van der Waals surface area contributed by atoms with Crippen LogP contribution in [0.3, 0.4) is 0 Å².